The van der Waals surface area contributed by atoms with E-state index in [9.17, 15) is 9.59 Å². The van der Waals surface area contributed by atoms with Crippen molar-refractivity contribution in [3.05, 3.63) is 48.5 Å². The second-order valence-corrected chi connectivity index (χ2v) is 3.53. The van der Waals surface area contributed by atoms with Gasteiger partial charge in [0.25, 0.3) is 5.91 Å². The minimum Gasteiger partial charge on any atom is -0.326 e. The van der Waals surface area contributed by atoms with E-state index in [0.29, 0.717) is 11.3 Å². The fourth-order valence-electron chi connectivity index (χ4n) is 1.43. The quantitative estimate of drug-likeness (QED) is 0.849. The average molecular weight is 229 g/mol. The van der Waals surface area contributed by atoms with Crippen molar-refractivity contribution >= 4 is 17.5 Å². The number of rotatable bonds is 2. The Morgan fingerprint density at radius 3 is 2.47 bits per heavy atom. The molecule has 0 saturated heterocycles. The van der Waals surface area contributed by atoms with E-state index in [4.69, 9.17) is 0 Å². The largest absolute Gasteiger partial charge is 0.326 e. The summed E-state index contributed by atoms with van der Waals surface area (Å²) in [5.74, 6) is -0.296. The predicted octanol–water partition coefficient (Wildman–Crippen LogP) is 1.53. The smallest absolute Gasteiger partial charge is 0.263 e. The molecule has 0 aliphatic rings. The molecule has 0 radical (unpaired) electrons. The second kappa shape index (κ2) is 4.61. The summed E-state index contributed by atoms with van der Waals surface area (Å²) in [5.41, 5.74) is 1.21. The maximum atomic E-state index is 11.9. The van der Waals surface area contributed by atoms with E-state index >= 15 is 0 Å². The summed E-state index contributed by atoms with van der Waals surface area (Å²) in [6.07, 6.45) is 4.58. The highest BCUT2D eigenvalue weighted by Gasteiger charge is 2.07. The first-order chi connectivity index (χ1) is 8.16. The number of hydrogen-bond donors (Lipinski definition) is 1. The molecule has 0 aliphatic carbocycles. The van der Waals surface area contributed by atoms with Crippen LogP contribution in [0.3, 0.4) is 0 Å². The number of hydrogen-bond acceptors (Lipinski definition) is 3. The highest BCUT2D eigenvalue weighted by Crippen LogP contribution is 2.10. The predicted molar refractivity (Wildman–Crippen MR) is 62.7 cm³/mol. The van der Waals surface area contributed by atoms with Crippen LogP contribution >= 0.6 is 0 Å². The van der Waals surface area contributed by atoms with Gasteiger partial charge < -0.3 is 5.32 Å². The zero-order valence-electron chi connectivity index (χ0n) is 9.25. The summed E-state index contributed by atoms with van der Waals surface area (Å²) in [6.45, 7) is 1.44. The van der Waals surface area contributed by atoms with Gasteiger partial charge in [-0.25, -0.2) is 4.98 Å². The van der Waals surface area contributed by atoms with Gasteiger partial charge in [-0.15, -0.1) is 0 Å². The van der Waals surface area contributed by atoms with Gasteiger partial charge in [-0.05, 0) is 24.3 Å². The van der Waals surface area contributed by atoms with Crippen LogP contribution in [0, 0.1) is 0 Å². The van der Waals surface area contributed by atoms with Gasteiger partial charge in [0.05, 0.1) is 0 Å². The first-order valence-electron chi connectivity index (χ1n) is 5.07. The van der Waals surface area contributed by atoms with E-state index in [0.717, 1.165) is 0 Å². The number of aromatic nitrogens is 2. The molecule has 0 fully saturated rings. The van der Waals surface area contributed by atoms with E-state index in [1.807, 2.05) is 0 Å². The van der Waals surface area contributed by atoms with Crippen LogP contribution in [0.25, 0.3) is 0 Å². The van der Waals surface area contributed by atoms with Gasteiger partial charge in [-0.2, -0.15) is 0 Å². The second-order valence-electron chi connectivity index (χ2n) is 3.53. The van der Waals surface area contributed by atoms with Crippen LogP contribution in [-0.4, -0.2) is 21.4 Å². The summed E-state index contributed by atoms with van der Waals surface area (Å²) in [5, 5.41) is 2.64. The van der Waals surface area contributed by atoms with Crippen LogP contribution in [0.1, 0.15) is 17.3 Å². The number of nitrogens with zero attached hydrogens (tertiary/aromatic N) is 2. The Balaban J connectivity index is 2.18. The van der Waals surface area contributed by atoms with Crippen molar-refractivity contribution in [2.24, 2.45) is 0 Å². The molecule has 2 rings (SSSR count). The van der Waals surface area contributed by atoms with E-state index < -0.39 is 0 Å². The monoisotopic (exact) mass is 229 g/mol. The summed E-state index contributed by atoms with van der Waals surface area (Å²) in [6, 6.07) is 6.69. The minimum atomic E-state index is -0.156. The van der Waals surface area contributed by atoms with Crippen LogP contribution < -0.4 is 5.32 Å². The molecule has 0 saturated carbocycles. The molecule has 1 N–H and O–H groups in total. The maximum Gasteiger partial charge on any atom is 0.263 e. The molecule has 5 nitrogen and oxygen atoms in total. The number of nitrogens with one attached hydrogen (secondary N) is 1. The van der Waals surface area contributed by atoms with Crippen LogP contribution in [0.4, 0.5) is 5.69 Å². The molecule has 1 aromatic carbocycles. The van der Waals surface area contributed by atoms with Crippen molar-refractivity contribution in [2.75, 3.05) is 5.32 Å². The van der Waals surface area contributed by atoms with E-state index in [1.165, 1.54) is 17.8 Å². The molecule has 86 valence electrons. The van der Waals surface area contributed by atoms with Crippen LogP contribution in [-0.2, 0) is 4.79 Å². The van der Waals surface area contributed by atoms with Gasteiger partial charge in [-0.3, -0.25) is 14.2 Å². The third-order valence-electron chi connectivity index (χ3n) is 2.19. The standard InChI is InChI=1S/C12H11N3O2/c1-9(16)14-11-4-2-10(3-5-11)12(17)15-7-6-13-8-15/h2-8H,1H3,(H,14,16). The molecule has 0 unspecified atom stereocenters. The van der Waals surface area contributed by atoms with Crippen LogP contribution in [0.15, 0.2) is 43.0 Å². The van der Waals surface area contributed by atoms with Gasteiger partial charge in [-0.1, -0.05) is 0 Å². The topological polar surface area (TPSA) is 64.0 Å². The third-order valence-corrected chi connectivity index (χ3v) is 2.19. The molecule has 0 atom stereocenters. The van der Waals surface area contributed by atoms with Crippen LogP contribution in [0.2, 0.25) is 0 Å². The Hall–Kier alpha value is -2.43. The van der Waals surface area contributed by atoms with Crippen molar-refractivity contribution in [3.63, 3.8) is 0 Å². The van der Waals surface area contributed by atoms with Gasteiger partial charge in [0.1, 0.15) is 6.33 Å². The Labute approximate surface area is 98.1 Å². The fraction of sp³-hybridized carbons (Fsp3) is 0.0833. The highest BCUT2D eigenvalue weighted by molar-refractivity contribution is 5.96. The van der Waals surface area contributed by atoms with E-state index in [2.05, 4.69) is 10.3 Å². The number of imidazole rings is 1. The van der Waals surface area contributed by atoms with Gasteiger partial charge in [0.2, 0.25) is 5.91 Å². The summed E-state index contributed by atoms with van der Waals surface area (Å²) in [4.78, 5) is 26.5. The lowest BCUT2D eigenvalue weighted by atomic mass is 10.2. The first-order valence-corrected chi connectivity index (χ1v) is 5.07. The molecule has 0 bridgehead atoms. The normalized spacial score (nSPS) is 9.94. The lowest BCUT2D eigenvalue weighted by Crippen LogP contribution is -2.10. The Kier molecular flexibility index (Phi) is 3.00. The summed E-state index contributed by atoms with van der Waals surface area (Å²) in [7, 11) is 0. The number of benzene rings is 1. The van der Waals surface area contributed by atoms with Crippen molar-refractivity contribution < 1.29 is 9.59 Å². The zero-order chi connectivity index (χ0) is 12.3. The van der Waals surface area contributed by atoms with Gasteiger partial charge in [0, 0.05) is 30.6 Å². The summed E-state index contributed by atoms with van der Waals surface area (Å²) >= 11 is 0. The van der Waals surface area contributed by atoms with Gasteiger partial charge >= 0.3 is 0 Å². The molecule has 0 aliphatic heterocycles. The molecule has 1 heterocycles. The Morgan fingerprint density at radius 1 is 1.24 bits per heavy atom. The number of anilines is 1. The van der Waals surface area contributed by atoms with Crippen molar-refractivity contribution in [1.82, 2.24) is 9.55 Å². The van der Waals surface area contributed by atoms with Gasteiger partial charge in [0.15, 0.2) is 0 Å². The zero-order valence-corrected chi connectivity index (χ0v) is 9.25. The lowest BCUT2D eigenvalue weighted by molar-refractivity contribution is -0.114. The number of carbonyl (C=O) groups excluding carboxylic acids is 2. The molecular weight excluding hydrogens is 218 g/mol. The molecule has 0 spiro atoms. The maximum absolute atomic E-state index is 11.9. The SMILES string of the molecule is CC(=O)Nc1ccc(C(=O)n2ccnc2)cc1. The number of carbonyl (C=O) groups is 2. The first kappa shape index (κ1) is 11.1. The molecule has 1 aromatic heterocycles. The average Bonchev–Trinajstić information content (AvgIpc) is 2.82. The molecule has 17 heavy (non-hydrogen) atoms. The fourth-order valence-corrected chi connectivity index (χ4v) is 1.43. The lowest BCUT2D eigenvalue weighted by Gasteiger charge is -2.04. The molecular formula is C12H11N3O2. The van der Waals surface area contributed by atoms with E-state index in [-0.39, 0.29) is 11.8 Å². The third kappa shape index (κ3) is 2.57. The van der Waals surface area contributed by atoms with Crippen LogP contribution in [0.5, 0.6) is 0 Å². The van der Waals surface area contributed by atoms with Crippen molar-refractivity contribution in [3.8, 4) is 0 Å². The molecule has 5 heteroatoms. The van der Waals surface area contributed by atoms with Crippen molar-refractivity contribution in [1.29, 1.82) is 0 Å². The molecule has 2 aromatic rings. The Morgan fingerprint density at radius 2 is 1.94 bits per heavy atom. The number of amides is 1. The van der Waals surface area contributed by atoms with E-state index in [1.54, 1.807) is 36.7 Å². The summed E-state index contributed by atoms with van der Waals surface area (Å²) < 4.78 is 1.40. The van der Waals surface area contributed by atoms with Crippen molar-refractivity contribution in [2.45, 2.75) is 6.92 Å². The minimum absolute atomic E-state index is 0.140. The Bertz CT molecular complexity index is 529. The highest BCUT2D eigenvalue weighted by atomic mass is 16.2. The molecule has 1 amide bonds.